The SMILES string of the molecule is Cc1ccc2c(c1)SC(C(=O)N(C)Cc1cnn(C)c1)C2. The average molecular weight is 301 g/mol. The van der Waals surface area contributed by atoms with E-state index in [9.17, 15) is 4.79 Å². The van der Waals surface area contributed by atoms with E-state index in [0.29, 0.717) is 6.54 Å². The fourth-order valence-electron chi connectivity index (χ4n) is 2.62. The van der Waals surface area contributed by atoms with Gasteiger partial charge in [-0.25, -0.2) is 0 Å². The maximum absolute atomic E-state index is 12.6. The molecule has 1 unspecified atom stereocenters. The van der Waals surface area contributed by atoms with Crippen LogP contribution < -0.4 is 0 Å². The van der Waals surface area contributed by atoms with E-state index in [-0.39, 0.29) is 11.2 Å². The minimum Gasteiger partial charge on any atom is -0.340 e. The van der Waals surface area contributed by atoms with E-state index in [1.807, 2.05) is 26.5 Å². The first kappa shape index (κ1) is 14.2. The molecule has 3 rings (SSSR count). The highest BCUT2D eigenvalue weighted by molar-refractivity contribution is 8.01. The van der Waals surface area contributed by atoms with Crippen molar-refractivity contribution in [1.29, 1.82) is 0 Å². The van der Waals surface area contributed by atoms with Gasteiger partial charge in [0.15, 0.2) is 0 Å². The summed E-state index contributed by atoms with van der Waals surface area (Å²) < 4.78 is 1.76. The smallest absolute Gasteiger partial charge is 0.236 e. The predicted molar refractivity (Wildman–Crippen MR) is 84.2 cm³/mol. The molecule has 1 amide bonds. The Morgan fingerprint density at radius 2 is 2.33 bits per heavy atom. The molecule has 1 aliphatic heterocycles. The average Bonchev–Trinajstić information content (AvgIpc) is 3.03. The second-order valence-electron chi connectivity index (χ2n) is 5.64. The number of carbonyl (C=O) groups is 1. The number of aromatic nitrogens is 2. The number of hydrogen-bond acceptors (Lipinski definition) is 3. The monoisotopic (exact) mass is 301 g/mol. The second-order valence-corrected chi connectivity index (χ2v) is 6.88. The van der Waals surface area contributed by atoms with Gasteiger partial charge in [-0.2, -0.15) is 5.10 Å². The van der Waals surface area contributed by atoms with Crippen molar-refractivity contribution in [3.63, 3.8) is 0 Å². The van der Waals surface area contributed by atoms with Gasteiger partial charge in [-0.1, -0.05) is 17.7 Å². The van der Waals surface area contributed by atoms with Crippen LogP contribution in [0.5, 0.6) is 0 Å². The molecule has 4 nitrogen and oxygen atoms in total. The third kappa shape index (κ3) is 2.97. The van der Waals surface area contributed by atoms with Crippen molar-refractivity contribution in [3.8, 4) is 0 Å². The van der Waals surface area contributed by atoms with E-state index in [4.69, 9.17) is 0 Å². The molecule has 110 valence electrons. The lowest BCUT2D eigenvalue weighted by atomic mass is 10.1. The first-order chi connectivity index (χ1) is 10.0. The standard InChI is InChI=1S/C16H19N3OS/c1-11-4-5-13-7-15(21-14(13)6-11)16(20)18(2)9-12-8-17-19(3)10-12/h4-6,8,10,15H,7,9H2,1-3H3. The summed E-state index contributed by atoms with van der Waals surface area (Å²) in [6, 6.07) is 6.44. The highest BCUT2D eigenvalue weighted by Crippen LogP contribution is 2.38. The van der Waals surface area contributed by atoms with E-state index < -0.39 is 0 Å². The molecule has 0 fully saturated rings. The molecule has 0 aliphatic carbocycles. The minimum atomic E-state index is 0.00321. The number of nitrogens with zero attached hydrogens (tertiary/aromatic N) is 3. The normalized spacial score (nSPS) is 16.8. The molecule has 5 heteroatoms. The molecule has 0 radical (unpaired) electrons. The predicted octanol–water partition coefficient (Wildman–Crippen LogP) is 2.40. The number of fused-ring (bicyclic) bond motifs is 1. The molecule has 2 aromatic rings. The highest BCUT2D eigenvalue weighted by atomic mass is 32.2. The van der Waals surface area contributed by atoms with E-state index in [1.165, 1.54) is 16.0 Å². The van der Waals surface area contributed by atoms with Gasteiger partial charge < -0.3 is 4.90 Å². The van der Waals surface area contributed by atoms with Crippen LogP contribution >= 0.6 is 11.8 Å². The number of aryl methyl sites for hydroxylation is 2. The van der Waals surface area contributed by atoms with Crippen molar-refractivity contribution >= 4 is 17.7 Å². The summed E-state index contributed by atoms with van der Waals surface area (Å²) >= 11 is 1.69. The van der Waals surface area contributed by atoms with Crippen LogP contribution in [0.3, 0.4) is 0 Å². The number of benzene rings is 1. The minimum absolute atomic E-state index is 0.00321. The molecular formula is C16H19N3OS. The summed E-state index contributed by atoms with van der Waals surface area (Å²) in [4.78, 5) is 15.6. The van der Waals surface area contributed by atoms with E-state index in [0.717, 1.165) is 12.0 Å². The Labute approximate surface area is 129 Å². The Hall–Kier alpha value is -1.75. The van der Waals surface area contributed by atoms with Crippen molar-refractivity contribution in [2.45, 2.75) is 30.0 Å². The molecule has 21 heavy (non-hydrogen) atoms. The topological polar surface area (TPSA) is 38.1 Å². The van der Waals surface area contributed by atoms with Gasteiger partial charge in [0.2, 0.25) is 5.91 Å². The van der Waals surface area contributed by atoms with Crippen LogP contribution in [0.4, 0.5) is 0 Å². The van der Waals surface area contributed by atoms with Crippen LogP contribution in [-0.2, 0) is 24.8 Å². The molecule has 1 aliphatic rings. The lowest BCUT2D eigenvalue weighted by Crippen LogP contribution is -2.34. The summed E-state index contributed by atoms with van der Waals surface area (Å²) in [7, 11) is 3.75. The van der Waals surface area contributed by atoms with Crippen molar-refractivity contribution in [2.75, 3.05) is 7.05 Å². The number of rotatable bonds is 3. The van der Waals surface area contributed by atoms with Crippen molar-refractivity contribution in [1.82, 2.24) is 14.7 Å². The Balaban J connectivity index is 1.66. The Kier molecular flexibility index (Phi) is 3.76. The first-order valence-electron chi connectivity index (χ1n) is 7.01. The fourth-order valence-corrected chi connectivity index (χ4v) is 4.03. The maximum Gasteiger partial charge on any atom is 0.236 e. The van der Waals surface area contributed by atoms with Crippen molar-refractivity contribution in [2.24, 2.45) is 7.05 Å². The van der Waals surface area contributed by atoms with E-state index >= 15 is 0 Å². The zero-order valence-corrected chi connectivity index (χ0v) is 13.4. The van der Waals surface area contributed by atoms with Crippen LogP contribution in [0.1, 0.15) is 16.7 Å². The molecule has 0 spiro atoms. The summed E-state index contributed by atoms with van der Waals surface area (Å²) in [5, 5.41) is 4.15. The lowest BCUT2D eigenvalue weighted by molar-refractivity contribution is -0.129. The Morgan fingerprint density at radius 3 is 3.05 bits per heavy atom. The van der Waals surface area contributed by atoms with Gasteiger partial charge in [0.1, 0.15) is 0 Å². The molecule has 0 bridgehead atoms. The van der Waals surface area contributed by atoms with E-state index in [2.05, 4.69) is 30.2 Å². The van der Waals surface area contributed by atoms with Crippen molar-refractivity contribution in [3.05, 3.63) is 47.3 Å². The van der Waals surface area contributed by atoms with Crippen molar-refractivity contribution < 1.29 is 4.79 Å². The summed E-state index contributed by atoms with van der Waals surface area (Å²) in [6.45, 7) is 2.70. The largest absolute Gasteiger partial charge is 0.340 e. The number of carbonyl (C=O) groups excluding carboxylic acids is 1. The van der Waals surface area contributed by atoms with Crippen LogP contribution in [0.25, 0.3) is 0 Å². The summed E-state index contributed by atoms with van der Waals surface area (Å²) in [6.07, 6.45) is 4.59. The summed E-state index contributed by atoms with van der Waals surface area (Å²) in [5.41, 5.74) is 3.60. The Bertz CT molecular complexity index is 680. The summed E-state index contributed by atoms with van der Waals surface area (Å²) in [5.74, 6) is 0.192. The number of amides is 1. The maximum atomic E-state index is 12.6. The molecule has 0 saturated carbocycles. The van der Waals surface area contributed by atoms with Gasteiger partial charge in [-0.15, -0.1) is 11.8 Å². The molecule has 0 N–H and O–H groups in total. The first-order valence-corrected chi connectivity index (χ1v) is 7.89. The van der Waals surface area contributed by atoms with Crippen LogP contribution in [0, 0.1) is 6.92 Å². The zero-order chi connectivity index (χ0) is 15.0. The Morgan fingerprint density at radius 1 is 1.52 bits per heavy atom. The molecular weight excluding hydrogens is 282 g/mol. The number of thioether (sulfide) groups is 1. The third-order valence-electron chi connectivity index (χ3n) is 3.73. The third-order valence-corrected chi connectivity index (χ3v) is 5.01. The molecule has 2 heterocycles. The van der Waals surface area contributed by atoms with Gasteiger partial charge in [0, 0.05) is 37.3 Å². The van der Waals surface area contributed by atoms with Gasteiger partial charge >= 0.3 is 0 Å². The second kappa shape index (κ2) is 5.56. The van der Waals surface area contributed by atoms with Crippen LogP contribution in [0.2, 0.25) is 0 Å². The van der Waals surface area contributed by atoms with Gasteiger partial charge in [0.05, 0.1) is 11.4 Å². The van der Waals surface area contributed by atoms with E-state index in [1.54, 1.807) is 21.3 Å². The van der Waals surface area contributed by atoms with Gasteiger partial charge in [-0.3, -0.25) is 9.48 Å². The molecule has 1 aromatic carbocycles. The molecule has 1 aromatic heterocycles. The van der Waals surface area contributed by atoms with Crippen LogP contribution in [-0.4, -0.2) is 32.9 Å². The quantitative estimate of drug-likeness (QED) is 0.874. The van der Waals surface area contributed by atoms with Crippen LogP contribution in [0.15, 0.2) is 35.5 Å². The van der Waals surface area contributed by atoms with Gasteiger partial charge in [-0.05, 0) is 25.0 Å². The molecule has 1 atom stereocenters. The fraction of sp³-hybridized carbons (Fsp3) is 0.375. The zero-order valence-electron chi connectivity index (χ0n) is 12.5. The number of hydrogen-bond donors (Lipinski definition) is 0. The lowest BCUT2D eigenvalue weighted by Gasteiger charge is -2.19. The molecule has 0 saturated heterocycles. The van der Waals surface area contributed by atoms with Gasteiger partial charge in [0.25, 0.3) is 0 Å². The highest BCUT2D eigenvalue weighted by Gasteiger charge is 2.30.